The van der Waals surface area contributed by atoms with Crippen LogP contribution in [0.5, 0.6) is 0 Å². The zero-order valence-electron chi connectivity index (χ0n) is 15.4. The number of hydrogen-bond acceptors (Lipinski definition) is 3. The molecule has 2 unspecified atom stereocenters. The Bertz CT molecular complexity index is 773. The number of hydrogen-bond donors (Lipinski definition) is 1. The van der Waals surface area contributed by atoms with Gasteiger partial charge in [0, 0.05) is 43.2 Å². The van der Waals surface area contributed by atoms with Crippen LogP contribution in [0, 0.1) is 0 Å². The number of benzene rings is 2. The van der Waals surface area contributed by atoms with E-state index in [-0.39, 0.29) is 23.7 Å². The number of nitrogens with zero attached hydrogens (tertiary/aromatic N) is 1. The summed E-state index contributed by atoms with van der Waals surface area (Å²) in [5.41, 5.74) is 2.91. The van der Waals surface area contributed by atoms with Crippen molar-refractivity contribution in [2.24, 2.45) is 0 Å². The fraction of sp³-hybridized carbons (Fsp3) is 0.364. The SMILES string of the molecule is CNC(=O)c1cccc(C(CC(C)=O)C2CCCN2c2ccccc2)c1. The van der Waals surface area contributed by atoms with E-state index in [0.717, 1.165) is 24.9 Å². The van der Waals surface area contributed by atoms with Crippen LogP contribution < -0.4 is 10.2 Å². The van der Waals surface area contributed by atoms with E-state index in [2.05, 4.69) is 34.5 Å². The molecule has 0 spiro atoms. The standard InChI is InChI=1S/C22H26N2O2/c1-16(25)14-20(17-8-6-9-18(15-17)22(26)23-2)21-12-7-13-24(21)19-10-4-3-5-11-19/h3-6,8-11,15,20-21H,7,12-14H2,1-2H3,(H,23,26). The van der Waals surface area contributed by atoms with Crippen LogP contribution in [0.4, 0.5) is 5.69 Å². The lowest BCUT2D eigenvalue weighted by Gasteiger charge is -2.33. The second kappa shape index (κ2) is 8.17. The molecular formula is C22H26N2O2. The maximum Gasteiger partial charge on any atom is 0.251 e. The highest BCUT2D eigenvalue weighted by Crippen LogP contribution is 2.37. The molecule has 1 aliphatic rings. The first-order chi connectivity index (χ1) is 12.6. The van der Waals surface area contributed by atoms with Crippen LogP contribution in [0.3, 0.4) is 0 Å². The molecule has 3 rings (SSSR count). The van der Waals surface area contributed by atoms with Gasteiger partial charge in [0.25, 0.3) is 5.91 Å². The van der Waals surface area contributed by atoms with Crippen molar-refractivity contribution < 1.29 is 9.59 Å². The van der Waals surface area contributed by atoms with Crippen LogP contribution in [0.15, 0.2) is 54.6 Å². The van der Waals surface area contributed by atoms with Gasteiger partial charge in [-0.3, -0.25) is 4.79 Å². The predicted molar refractivity (Wildman–Crippen MR) is 105 cm³/mol. The van der Waals surface area contributed by atoms with Crippen LogP contribution in [-0.4, -0.2) is 31.3 Å². The molecule has 2 atom stereocenters. The smallest absolute Gasteiger partial charge is 0.251 e. The Labute approximate surface area is 155 Å². The van der Waals surface area contributed by atoms with Gasteiger partial charge in [0.05, 0.1) is 0 Å². The lowest BCUT2D eigenvalue weighted by Crippen LogP contribution is -2.35. The van der Waals surface area contributed by atoms with Gasteiger partial charge in [-0.25, -0.2) is 0 Å². The molecule has 0 aliphatic carbocycles. The molecule has 136 valence electrons. The number of anilines is 1. The van der Waals surface area contributed by atoms with E-state index in [4.69, 9.17) is 0 Å². The lowest BCUT2D eigenvalue weighted by atomic mass is 9.85. The highest BCUT2D eigenvalue weighted by molar-refractivity contribution is 5.94. The topological polar surface area (TPSA) is 49.4 Å². The molecule has 26 heavy (non-hydrogen) atoms. The van der Waals surface area contributed by atoms with Gasteiger partial charge in [-0.2, -0.15) is 0 Å². The van der Waals surface area contributed by atoms with Gasteiger partial charge >= 0.3 is 0 Å². The highest BCUT2D eigenvalue weighted by atomic mass is 16.1. The number of carbonyl (C=O) groups is 2. The van der Waals surface area contributed by atoms with Crippen molar-refractivity contribution in [3.05, 3.63) is 65.7 Å². The molecule has 2 aromatic rings. The maximum absolute atomic E-state index is 12.0. The van der Waals surface area contributed by atoms with Crippen molar-refractivity contribution in [2.45, 2.75) is 38.1 Å². The Kier molecular flexibility index (Phi) is 5.71. The highest BCUT2D eigenvalue weighted by Gasteiger charge is 2.33. The second-order valence-electron chi connectivity index (χ2n) is 6.96. The molecule has 0 bridgehead atoms. The van der Waals surface area contributed by atoms with Gasteiger partial charge in [-0.15, -0.1) is 0 Å². The summed E-state index contributed by atoms with van der Waals surface area (Å²) in [6.07, 6.45) is 2.66. The molecule has 2 aromatic carbocycles. The quantitative estimate of drug-likeness (QED) is 0.862. The molecule has 4 heteroatoms. The third-order valence-electron chi connectivity index (χ3n) is 5.16. The molecule has 0 aromatic heterocycles. The summed E-state index contributed by atoms with van der Waals surface area (Å²) in [7, 11) is 1.64. The summed E-state index contributed by atoms with van der Waals surface area (Å²) in [6, 6.07) is 18.4. The molecule has 1 amide bonds. The number of carbonyl (C=O) groups excluding carboxylic acids is 2. The number of nitrogens with one attached hydrogen (secondary N) is 1. The van der Waals surface area contributed by atoms with Gasteiger partial charge in [-0.05, 0) is 49.6 Å². The number of rotatable bonds is 6. The fourth-order valence-electron chi connectivity index (χ4n) is 3.99. The molecule has 0 saturated carbocycles. The first kappa shape index (κ1) is 18.2. The van der Waals surface area contributed by atoms with Crippen LogP contribution in [0.25, 0.3) is 0 Å². The van der Waals surface area contributed by atoms with Crippen molar-refractivity contribution in [3.8, 4) is 0 Å². The van der Waals surface area contributed by atoms with Crippen molar-refractivity contribution >= 4 is 17.4 Å². The monoisotopic (exact) mass is 350 g/mol. The van der Waals surface area contributed by atoms with Gasteiger partial charge < -0.3 is 15.0 Å². The molecule has 0 radical (unpaired) electrons. The fourth-order valence-corrected chi connectivity index (χ4v) is 3.99. The van der Waals surface area contributed by atoms with Gasteiger partial charge in [0.15, 0.2) is 0 Å². The van der Waals surface area contributed by atoms with E-state index in [0.29, 0.717) is 12.0 Å². The lowest BCUT2D eigenvalue weighted by molar-refractivity contribution is -0.117. The molecule has 1 heterocycles. The Balaban J connectivity index is 1.95. The summed E-state index contributed by atoms with van der Waals surface area (Å²) in [6.45, 7) is 2.65. The van der Waals surface area contributed by atoms with Crippen molar-refractivity contribution in [3.63, 3.8) is 0 Å². The molecule has 1 saturated heterocycles. The van der Waals surface area contributed by atoms with Gasteiger partial charge in [0.2, 0.25) is 0 Å². The summed E-state index contributed by atoms with van der Waals surface area (Å²) in [5, 5.41) is 2.68. The summed E-state index contributed by atoms with van der Waals surface area (Å²) in [5.74, 6) is 0.167. The maximum atomic E-state index is 12.0. The van der Waals surface area contributed by atoms with Crippen molar-refractivity contribution in [1.29, 1.82) is 0 Å². The van der Waals surface area contributed by atoms with E-state index < -0.39 is 0 Å². The zero-order valence-corrected chi connectivity index (χ0v) is 15.4. The minimum absolute atomic E-state index is 0.0832. The van der Waals surface area contributed by atoms with Gasteiger partial charge in [-0.1, -0.05) is 30.3 Å². The van der Waals surface area contributed by atoms with Crippen molar-refractivity contribution in [1.82, 2.24) is 5.32 Å². The molecule has 1 fully saturated rings. The van der Waals surface area contributed by atoms with E-state index in [1.165, 1.54) is 5.69 Å². The summed E-state index contributed by atoms with van der Waals surface area (Å²) < 4.78 is 0. The molecular weight excluding hydrogens is 324 g/mol. The van der Waals surface area contributed by atoms with Crippen LogP contribution in [0.2, 0.25) is 0 Å². The first-order valence-corrected chi connectivity index (χ1v) is 9.23. The molecule has 1 aliphatic heterocycles. The van der Waals surface area contributed by atoms with Crippen LogP contribution in [-0.2, 0) is 4.79 Å². The largest absolute Gasteiger partial charge is 0.368 e. The Morgan fingerprint density at radius 2 is 1.92 bits per heavy atom. The van der Waals surface area contributed by atoms with E-state index in [1.54, 1.807) is 14.0 Å². The average molecular weight is 350 g/mol. The summed E-state index contributed by atoms with van der Waals surface area (Å²) in [4.78, 5) is 26.5. The van der Waals surface area contributed by atoms with Crippen LogP contribution in [0.1, 0.15) is 48.0 Å². The normalized spacial score (nSPS) is 17.8. The predicted octanol–water partition coefficient (Wildman–Crippen LogP) is 3.78. The Morgan fingerprint density at radius 1 is 1.15 bits per heavy atom. The number of ketones is 1. The van der Waals surface area contributed by atoms with Gasteiger partial charge in [0.1, 0.15) is 5.78 Å². The third kappa shape index (κ3) is 3.96. The Hall–Kier alpha value is -2.62. The number of para-hydroxylation sites is 1. The third-order valence-corrected chi connectivity index (χ3v) is 5.16. The van der Waals surface area contributed by atoms with Crippen molar-refractivity contribution in [2.75, 3.05) is 18.5 Å². The molecule has 1 N–H and O–H groups in total. The van der Waals surface area contributed by atoms with E-state index in [9.17, 15) is 9.59 Å². The first-order valence-electron chi connectivity index (χ1n) is 9.23. The minimum atomic E-state index is -0.0974. The van der Waals surface area contributed by atoms with E-state index >= 15 is 0 Å². The second-order valence-corrected chi connectivity index (χ2v) is 6.96. The minimum Gasteiger partial charge on any atom is -0.368 e. The van der Waals surface area contributed by atoms with E-state index in [1.807, 2.05) is 30.3 Å². The molecule has 4 nitrogen and oxygen atoms in total. The zero-order chi connectivity index (χ0) is 18.5. The Morgan fingerprint density at radius 3 is 2.62 bits per heavy atom. The average Bonchev–Trinajstić information content (AvgIpc) is 3.15. The summed E-state index contributed by atoms with van der Waals surface area (Å²) >= 11 is 0. The number of Topliss-reactive ketones (excluding diaryl/α,β-unsaturated/α-hetero) is 1. The van der Waals surface area contributed by atoms with Crippen LogP contribution >= 0.6 is 0 Å². The number of amides is 1.